The first kappa shape index (κ1) is 21.2. The third-order valence-corrected chi connectivity index (χ3v) is 4.77. The molecule has 7 heteroatoms. The molecule has 7 nitrogen and oxygen atoms in total. The maximum atomic E-state index is 12.8. The quantitative estimate of drug-likeness (QED) is 0.458. The number of nitrogens with zero attached hydrogens (tertiary/aromatic N) is 3. The first-order chi connectivity index (χ1) is 14.5. The van der Waals surface area contributed by atoms with Crippen LogP contribution in [0.4, 0.5) is 0 Å². The number of hydrogen-bond donors (Lipinski definition) is 1. The minimum Gasteiger partial charge on any atom is -0.497 e. The van der Waals surface area contributed by atoms with Gasteiger partial charge < -0.3 is 4.74 Å². The van der Waals surface area contributed by atoms with Crippen molar-refractivity contribution in [2.75, 3.05) is 7.11 Å². The largest absolute Gasteiger partial charge is 0.497 e. The Morgan fingerprint density at radius 3 is 2.50 bits per heavy atom. The number of nitrogens with one attached hydrogen (secondary N) is 1. The second-order valence-electron chi connectivity index (χ2n) is 7.09. The van der Waals surface area contributed by atoms with E-state index in [4.69, 9.17) is 4.74 Å². The van der Waals surface area contributed by atoms with Gasteiger partial charge in [-0.25, -0.2) is 10.1 Å². The van der Waals surface area contributed by atoms with Crippen LogP contribution < -0.4 is 15.7 Å². The average molecular weight is 406 g/mol. The molecule has 0 atom stereocenters. The van der Waals surface area contributed by atoms with Crippen LogP contribution in [0.2, 0.25) is 0 Å². The Balaban J connectivity index is 1.82. The van der Waals surface area contributed by atoms with Crippen molar-refractivity contribution in [2.24, 2.45) is 5.10 Å². The monoisotopic (exact) mass is 406 g/mol. The van der Waals surface area contributed by atoms with Crippen molar-refractivity contribution in [1.29, 1.82) is 0 Å². The molecule has 3 aromatic rings. The van der Waals surface area contributed by atoms with Gasteiger partial charge in [-0.15, -0.1) is 0 Å². The Morgan fingerprint density at radius 1 is 1.13 bits per heavy atom. The van der Waals surface area contributed by atoms with Crippen molar-refractivity contribution in [1.82, 2.24) is 15.2 Å². The van der Waals surface area contributed by atoms with Crippen LogP contribution in [0.1, 0.15) is 42.7 Å². The molecule has 1 heterocycles. The van der Waals surface area contributed by atoms with Gasteiger partial charge in [0.15, 0.2) is 5.69 Å². The number of amides is 1. The van der Waals surface area contributed by atoms with E-state index in [1.54, 1.807) is 31.4 Å². The number of carbonyl (C=O) groups excluding carboxylic acids is 1. The molecule has 0 unspecified atom stereocenters. The summed E-state index contributed by atoms with van der Waals surface area (Å²) in [5.74, 6) is 0.350. The van der Waals surface area contributed by atoms with E-state index >= 15 is 0 Å². The molecule has 3 rings (SSSR count). The zero-order valence-electron chi connectivity index (χ0n) is 17.5. The van der Waals surface area contributed by atoms with Crippen molar-refractivity contribution in [3.63, 3.8) is 0 Å². The van der Waals surface area contributed by atoms with E-state index in [0.717, 1.165) is 29.9 Å². The van der Waals surface area contributed by atoms with Crippen molar-refractivity contribution < 1.29 is 9.53 Å². The number of carbonyl (C=O) groups is 1. The third kappa shape index (κ3) is 4.92. The smallest absolute Gasteiger partial charge is 0.292 e. The van der Waals surface area contributed by atoms with Crippen molar-refractivity contribution in [3.05, 3.63) is 70.1 Å². The molecule has 0 aliphatic heterocycles. The SMILES string of the molecule is CCCCn1nc(C(=O)N/N=C(/C)Cc2ccc(OC)cc2)c2ccccc2c1=O. The fraction of sp³-hybridized carbons (Fsp3) is 0.304. The van der Waals surface area contributed by atoms with Crippen LogP contribution in [-0.2, 0) is 13.0 Å². The van der Waals surface area contributed by atoms with E-state index in [1.807, 2.05) is 38.1 Å². The fourth-order valence-electron chi connectivity index (χ4n) is 3.14. The molecular formula is C23H26N4O3. The lowest BCUT2D eigenvalue weighted by atomic mass is 10.1. The van der Waals surface area contributed by atoms with E-state index in [9.17, 15) is 9.59 Å². The number of aryl methyl sites for hydroxylation is 1. The third-order valence-electron chi connectivity index (χ3n) is 4.77. The molecule has 156 valence electrons. The van der Waals surface area contributed by atoms with Crippen LogP contribution in [0.15, 0.2) is 58.4 Å². The van der Waals surface area contributed by atoms with Gasteiger partial charge in [-0.2, -0.15) is 10.2 Å². The van der Waals surface area contributed by atoms with E-state index in [-0.39, 0.29) is 11.3 Å². The fourth-order valence-corrected chi connectivity index (χ4v) is 3.14. The lowest BCUT2D eigenvalue weighted by molar-refractivity contribution is 0.0949. The predicted molar refractivity (Wildman–Crippen MR) is 118 cm³/mol. The second-order valence-corrected chi connectivity index (χ2v) is 7.09. The molecule has 0 bridgehead atoms. The molecule has 0 spiro atoms. The number of fused-ring (bicyclic) bond motifs is 1. The summed E-state index contributed by atoms with van der Waals surface area (Å²) in [4.78, 5) is 25.5. The molecule has 0 radical (unpaired) electrons. The summed E-state index contributed by atoms with van der Waals surface area (Å²) in [6.45, 7) is 4.36. The molecule has 1 aromatic heterocycles. The van der Waals surface area contributed by atoms with Gasteiger partial charge in [-0.1, -0.05) is 43.7 Å². The molecule has 0 fully saturated rings. The number of benzene rings is 2. The van der Waals surface area contributed by atoms with Crippen molar-refractivity contribution >= 4 is 22.4 Å². The van der Waals surface area contributed by atoms with Gasteiger partial charge in [-0.3, -0.25) is 9.59 Å². The lowest BCUT2D eigenvalue weighted by Gasteiger charge is -2.10. The van der Waals surface area contributed by atoms with Crippen LogP contribution in [-0.4, -0.2) is 28.5 Å². The van der Waals surface area contributed by atoms with Gasteiger partial charge in [0.25, 0.3) is 11.5 Å². The molecule has 1 N–H and O–H groups in total. The van der Waals surface area contributed by atoms with E-state index in [2.05, 4.69) is 15.6 Å². The van der Waals surface area contributed by atoms with Gasteiger partial charge in [0.1, 0.15) is 5.75 Å². The number of rotatable bonds is 8. The van der Waals surface area contributed by atoms with Gasteiger partial charge in [0.2, 0.25) is 0 Å². The summed E-state index contributed by atoms with van der Waals surface area (Å²) < 4.78 is 6.53. The highest BCUT2D eigenvalue weighted by Crippen LogP contribution is 2.14. The lowest BCUT2D eigenvalue weighted by Crippen LogP contribution is -2.29. The highest BCUT2D eigenvalue weighted by atomic mass is 16.5. The van der Waals surface area contributed by atoms with E-state index in [0.29, 0.717) is 23.7 Å². The van der Waals surface area contributed by atoms with Crippen molar-refractivity contribution in [3.8, 4) is 5.75 Å². The average Bonchev–Trinajstić information content (AvgIpc) is 2.77. The van der Waals surface area contributed by atoms with Crippen LogP contribution >= 0.6 is 0 Å². The second kappa shape index (κ2) is 9.82. The zero-order chi connectivity index (χ0) is 21.5. The zero-order valence-corrected chi connectivity index (χ0v) is 17.5. The maximum Gasteiger partial charge on any atom is 0.292 e. The summed E-state index contributed by atoms with van der Waals surface area (Å²) in [5, 5.41) is 9.55. The van der Waals surface area contributed by atoms with E-state index < -0.39 is 5.91 Å². The Hall–Kier alpha value is -3.48. The normalized spacial score (nSPS) is 11.5. The van der Waals surface area contributed by atoms with Crippen LogP contribution in [0.5, 0.6) is 5.75 Å². The number of aromatic nitrogens is 2. The molecule has 1 amide bonds. The van der Waals surface area contributed by atoms with Crippen LogP contribution in [0.3, 0.4) is 0 Å². The standard InChI is InChI=1S/C23H26N4O3/c1-4-5-14-27-23(29)20-9-7-6-8-19(20)21(26-27)22(28)25-24-16(2)15-17-10-12-18(30-3)13-11-17/h6-13H,4-5,14-15H2,1-3H3,(H,25,28)/b24-16-. The van der Waals surface area contributed by atoms with Gasteiger partial charge in [-0.05, 0) is 37.1 Å². The highest BCUT2D eigenvalue weighted by molar-refractivity contribution is 6.05. The van der Waals surface area contributed by atoms with Crippen LogP contribution in [0.25, 0.3) is 10.8 Å². The summed E-state index contributed by atoms with van der Waals surface area (Å²) in [6.07, 6.45) is 2.33. The minimum atomic E-state index is -0.439. The number of hydrazone groups is 1. The Bertz CT molecular complexity index is 1120. The van der Waals surface area contributed by atoms with Gasteiger partial charge in [0.05, 0.1) is 12.5 Å². The Labute approximate surface area is 175 Å². The summed E-state index contributed by atoms with van der Waals surface area (Å²) in [7, 11) is 1.63. The summed E-state index contributed by atoms with van der Waals surface area (Å²) in [6, 6.07) is 14.7. The number of ether oxygens (including phenoxy) is 1. The van der Waals surface area contributed by atoms with E-state index in [1.165, 1.54) is 4.68 Å². The Kier molecular flexibility index (Phi) is 6.95. The number of methoxy groups -OCH3 is 1. The topological polar surface area (TPSA) is 85.6 Å². The predicted octanol–water partition coefficient (Wildman–Crippen LogP) is 3.55. The van der Waals surface area contributed by atoms with Gasteiger partial charge >= 0.3 is 0 Å². The van der Waals surface area contributed by atoms with Crippen LogP contribution in [0, 0.1) is 0 Å². The first-order valence-electron chi connectivity index (χ1n) is 9.99. The first-order valence-corrected chi connectivity index (χ1v) is 9.99. The molecule has 0 aliphatic rings. The molecule has 0 saturated heterocycles. The van der Waals surface area contributed by atoms with Gasteiger partial charge in [0, 0.05) is 24.1 Å². The summed E-state index contributed by atoms with van der Waals surface area (Å²) in [5.41, 5.74) is 4.40. The Morgan fingerprint density at radius 2 is 1.83 bits per heavy atom. The van der Waals surface area contributed by atoms with Crippen molar-refractivity contribution in [2.45, 2.75) is 39.7 Å². The molecule has 0 aliphatic carbocycles. The molecule has 0 saturated carbocycles. The number of hydrogen-bond acceptors (Lipinski definition) is 5. The summed E-state index contributed by atoms with van der Waals surface area (Å²) >= 11 is 0. The molecule has 2 aromatic carbocycles. The minimum absolute atomic E-state index is 0.185. The maximum absolute atomic E-state index is 12.8. The molecule has 30 heavy (non-hydrogen) atoms. The highest BCUT2D eigenvalue weighted by Gasteiger charge is 2.16. The number of unbranched alkanes of at least 4 members (excludes halogenated alkanes) is 1. The molecular weight excluding hydrogens is 380 g/mol.